The Labute approximate surface area is 98.2 Å². The predicted octanol–water partition coefficient (Wildman–Crippen LogP) is 1.12. The maximum atomic E-state index is 10.9. The van der Waals surface area contributed by atoms with E-state index in [1.54, 1.807) is 6.92 Å². The summed E-state index contributed by atoms with van der Waals surface area (Å²) in [7, 11) is 2.14. The van der Waals surface area contributed by atoms with Crippen molar-refractivity contribution in [2.24, 2.45) is 5.92 Å². The first-order valence-corrected chi connectivity index (χ1v) is 6.20. The number of hydrogen-bond donors (Lipinski definition) is 1. The molecular formula is C12H24N2O2. The van der Waals surface area contributed by atoms with Crippen LogP contribution in [0.2, 0.25) is 0 Å². The highest BCUT2D eigenvalue weighted by Crippen LogP contribution is 2.16. The van der Waals surface area contributed by atoms with Gasteiger partial charge in [0.2, 0.25) is 0 Å². The highest BCUT2D eigenvalue weighted by Gasteiger charge is 2.25. The summed E-state index contributed by atoms with van der Waals surface area (Å²) in [5.74, 6) is -0.963. The van der Waals surface area contributed by atoms with Gasteiger partial charge in [-0.1, -0.05) is 13.8 Å². The standard InChI is InChI=1S/C12H24N2O2/c1-4-14(8-10(2)12(15)16)11-6-5-7-13(3)9-11/h10-11H,4-9H2,1-3H3,(H,15,16). The van der Waals surface area contributed by atoms with E-state index < -0.39 is 5.97 Å². The van der Waals surface area contributed by atoms with E-state index in [0.29, 0.717) is 12.6 Å². The maximum Gasteiger partial charge on any atom is 0.307 e. The van der Waals surface area contributed by atoms with Crippen molar-refractivity contribution in [3.63, 3.8) is 0 Å². The van der Waals surface area contributed by atoms with Gasteiger partial charge in [-0.15, -0.1) is 0 Å². The van der Waals surface area contributed by atoms with E-state index in [2.05, 4.69) is 23.8 Å². The molecule has 4 heteroatoms. The molecule has 0 radical (unpaired) electrons. The Morgan fingerprint density at radius 2 is 2.31 bits per heavy atom. The van der Waals surface area contributed by atoms with Crippen LogP contribution in [0.15, 0.2) is 0 Å². The van der Waals surface area contributed by atoms with E-state index in [-0.39, 0.29) is 5.92 Å². The number of piperidine rings is 1. The van der Waals surface area contributed by atoms with Gasteiger partial charge in [-0.3, -0.25) is 9.69 Å². The van der Waals surface area contributed by atoms with Crippen molar-refractivity contribution in [3.8, 4) is 0 Å². The molecule has 1 fully saturated rings. The number of aliphatic carboxylic acids is 1. The van der Waals surface area contributed by atoms with Crippen LogP contribution in [0, 0.1) is 5.92 Å². The number of carbonyl (C=O) groups is 1. The number of likely N-dealkylation sites (N-methyl/N-ethyl adjacent to an activating group) is 2. The number of carboxylic acids is 1. The molecule has 1 N–H and O–H groups in total. The maximum absolute atomic E-state index is 10.9. The Morgan fingerprint density at radius 3 is 2.81 bits per heavy atom. The molecule has 0 aliphatic carbocycles. The van der Waals surface area contributed by atoms with Crippen LogP contribution in [-0.2, 0) is 4.79 Å². The third-order valence-corrected chi connectivity index (χ3v) is 3.45. The van der Waals surface area contributed by atoms with Gasteiger partial charge in [-0.25, -0.2) is 0 Å². The first-order chi connectivity index (χ1) is 7.54. The Kier molecular flexibility index (Phi) is 5.22. The van der Waals surface area contributed by atoms with Crippen molar-refractivity contribution in [2.45, 2.75) is 32.7 Å². The quantitative estimate of drug-likeness (QED) is 0.766. The van der Waals surface area contributed by atoms with Crippen LogP contribution in [0.1, 0.15) is 26.7 Å². The Hall–Kier alpha value is -0.610. The number of carboxylic acid groups (broad SMARTS) is 1. The molecule has 0 aromatic carbocycles. The zero-order valence-corrected chi connectivity index (χ0v) is 10.6. The fourth-order valence-electron chi connectivity index (χ4n) is 2.40. The molecule has 0 bridgehead atoms. The fraction of sp³-hybridized carbons (Fsp3) is 0.917. The van der Waals surface area contributed by atoms with E-state index in [1.807, 2.05) is 0 Å². The highest BCUT2D eigenvalue weighted by molar-refractivity contribution is 5.69. The highest BCUT2D eigenvalue weighted by atomic mass is 16.4. The molecule has 2 unspecified atom stereocenters. The van der Waals surface area contributed by atoms with Crippen LogP contribution in [0.3, 0.4) is 0 Å². The molecule has 0 aromatic rings. The molecule has 0 spiro atoms. The molecule has 1 aliphatic heterocycles. The average molecular weight is 228 g/mol. The summed E-state index contributed by atoms with van der Waals surface area (Å²) in [6, 6.07) is 0.533. The van der Waals surface area contributed by atoms with Gasteiger partial charge in [0, 0.05) is 19.1 Å². The van der Waals surface area contributed by atoms with Crippen LogP contribution < -0.4 is 0 Å². The molecule has 94 valence electrons. The van der Waals surface area contributed by atoms with Gasteiger partial charge in [-0.05, 0) is 33.0 Å². The minimum absolute atomic E-state index is 0.271. The lowest BCUT2D eigenvalue weighted by Gasteiger charge is -2.38. The summed E-state index contributed by atoms with van der Waals surface area (Å²) in [6.07, 6.45) is 2.42. The SMILES string of the molecule is CCN(CC(C)C(=O)O)C1CCCN(C)C1. The normalized spacial score (nSPS) is 24.6. The van der Waals surface area contributed by atoms with Crippen LogP contribution in [0.4, 0.5) is 0 Å². The van der Waals surface area contributed by atoms with Gasteiger partial charge in [0.1, 0.15) is 0 Å². The monoisotopic (exact) mass is 228 g/mol. The van der Waals surface area contributed by atoms with Gasteiger partial charge in [-0.2, -0.15) is 0 Å². The van der Waals surface area contributed by atoms with Gasteiger partial charge < -0.3 is 10.0 Å². The second-order valence-corrected chi connectivity index (χ2v) is 4.89. The topological polar surface area (TPSA) is 43.8 Å². The van der Waals surface area contributed by atoms with Gasteiger partial charge in [0.05, 0.1) is 5.92 Å². The van der Waals surface area contributed by atoms with Crippen molar-refractivity contribution in [1.29, 1.82) is 0 Å². The second-order valence-electron chi connectivity index (χ2n) is 4.89. The summed E-state index contributed by atoms with van der Waals surface area (Å²) in [5, 5.41) is 8.94. The first-order valence-electron chi connectivity index (χ1n) is 6.20. The Bertz CT molecular complexity index is 233. The minimum atomic E-state index is -0.692. The van der Waals surface area contributed by atoms with E-state index in [0.717, 1.165) is 13.1 Å². The molecule has 0 amide bonds. The molecule has 0 aromatic heterocycles. The number of nitrogens with zero attached hydrogens (tertiary/aromatic N) is 2. The molecule has 1 heterocycles. The molecule has 1 rings (SSSR count). The lowest BCUT2D eigenvalue weighted by molar-refractivity contribution is -0.142. The molecule has 2 atom stereocenters. The van der Waals surface area contributed by atoms with Crippen molar-refractivity contribution < 1.29 is 9.90 Å². The lowest BCUT2D eigenvalue weighted by atomic mass is 10.0. The van der Waals surface area contributed by atoms with E-state index in [4.69, 9.17) is 5.11 Å². The Balaban J connectivity index is 2.49. The summed E-state index contributed by atoms with van der Waals surface area (Å²) in [4.78, 5) is 15.5. The molecule has 4 nitrogen and oxygen atoms in total. The van der Waals surface area contributed by atoms with E-state index in [1.165, 1.54) is 19.4 Å². The van der Waals surface area contributed by atoms with E-state index >= 15 is 0 Å². The third-order valence-electron chi connectivity index (χ3n) is 3.45. The zero-order chi connectivity index (χ0) is 12.1. The van der Waals surface area contributed by atoms with Crippen molar-refractivity contribution in [2.75, 3.05) is 33.2 Å². The van der Waals surface area contributed by atoms with Crippen molar-refractivity contribution in [3.05, 3.63) is 0 Å². The molecular weight excluding hydrogens is 204 g/mol. The lowest BCUT2D eigenvalue weighted by Crippen LogP contribution is -2.48. The van der Waals surface area contributed by atoms with Crippen molar-refractivity contribution >= 4 is 5.97 Å². The fourth-order valence-corrected chi connectivity index (χ4v) is 2.40. The third kappa shape index (κ3) is 3.76. The molecule has 0 saturated carbocycles. The number of hydrogen-bond acceptors (Lipinski definition) is 3. The summed E-state index contributed by atoms with van der Waals surface area (Å²) >= 11 is 0. The molecule has 1 saturated heterocycles. The van der Waals surface area contributed by atoms with Crippen LogP contribution in [0.25, 0.3) is 0 Å². The summed E-state index contributed by atoms with van der Waals surface area (Å²) in [5.41, 5.74) is 0. The average Bonchev–Trinajstić information content (AvgIpc) is 2.25. The second kappa shape index (κ2) is 6.21. The predicted molar refractivity (Wildman–Crippen MR) is 64.6 cm³/mol. The van der Waals surface area contributed by atoms with Crippen molar-refractivity contribution in [1.82, 2.24) is 9.80 Å². The number of rotatable bonds is 5. The number of likely N-dealkylation sites (tertiary alicyclic amines) is 1. The zero-order valence-electron chi connectivity index (χ0n) is 10.6. The van der Waals surface area contributed by atoms with E-state index in [9.17, 15) is 4.79 Å². The summed E-state index contributed by atoms with van der Waals surface area (Å²) in [6.45, 7) is 7.75. The van der Waals surface area contributed by atoms with Crippen LogP contribution in [0.5, 0.6) is 0 Å². The van der Waals surface area contributed by atoms with Gasteiger partial charge in [0.15, 0.2) is 0 Å². The van der Waals surface area contributed by atoms with Gasteiger partial charge >= 0.3 is 5.97 Å². The summed E-state index contributed by atoms with van der Waals surface area (Å²) < 4.78 is 0. The first kappa shape index (κ1) is 13.5. The van der Waals surface area contributed by atoms with Gasteiger partial charge in [0.25, 0.3) is 0 Å². The minimum Gasteiger partial charge on any atom is -0.481 e. The smallest absolute Gasteiger partial charge is 0.307 e. The molecule has 1 aliphatic rings. The van der Waals surface area contributed by atoms with Crippen LogP contribution >= 0.6 is 0 Å². The molecule has 16 heavy (non-hydrogen) atoms. The Morgan fingerprint density at radius 1 is 1.62 bits per heavy atom. The largest absolute Gasteiger partial charge is 0.481 e. The van der Waals surface area contributed by atoms with Crippen LogP contribution in [-0.4, -0.2) is 60.1 Å².